The maximum atomic E-state index is 12.4. The van der Waals surface area contributed by atoms with Crippen molar-refractivity contribution in [3.63, 3.8) is 0 Å². The van der Waals surface area contributed by atoms with Gasteiger partial charge in [0.15, 0.2) is 9.84 Å². The summed E-state index contributed by atoms with van der Waals surface area (Å²) in [5.74, 6) is -0.288. The molecular formula is C17H24N2O3S. The third kappa shape index (κ3) is 4.12. The average molecular weight is 336 g/mol. The predicted octanol–water partition coefficient (Wildman–Crippen LogP) is 1.21. The summed E-state index contributed by atoms with van der Waals surface area (Å²) >= 11 is 0. The van der Waals surface area contributed by atoms with Crippen LogP contribution in [0.1, 0.15) is 36.8 Å². The number of fused-ring (bicyclic) bond motifs is 1. The highest BCUT2D eigenvalue weighted by Gasteiger charge is 2.21. The molecule has 1 heterocycles. The van der Waals surface area contributed by atoms with E-state index in [0.29, 0.717) is 4.90 Å². The number of rotatable bonds is 5. The van der Waals surface area contributed by atoms with Crippen LogP contribution in [0.3, 0.4) is 0 Å². The summed E-state index contributed by atoms with van der Waals surface area (Å²) in [6, 6.07) is 5.57. The summed E-state index contributed by atoms with van der Waals surface area (Å²) in [6.07, 6.45) is 4.93. The van der Waals surface area contributed by atoms with Crippen LogP contribution in [-0.4, -0.2) is 39.2 Å². The lowest BCUT2D eigenvalue weighted by Crippen LogP contribution is -2.43. The maximum Gasteiger partial charge on any atom is 0.221 e. The second kappa shape index (κ2) is 7.01. The number of carbonyl (C=O) groups is 1. The molecule has 0 bridgehead atoms. The molecule has 1 aliphatic heterocycles. The molecule has 1 amide bonds. The van der Waals surface area contributed by atoms with Gasteiger partial charge in [-0.3, -0.25) is 4.79 Å². The fourth-order valence-corrected chi connectivity index (χ4v) is 4.64. The van der Waals surface area contributed by atoms with Crippen LogP contribution in [0.2, 0.25) is 0 Å². The van der Waals surface area contributed by atoms with Gasteiger partial charge in [0.05, 0.1) is 10.6 Å². The molecule has 1 aromatic carbocycles. The highest BCUT2D eigenvalue weighted by atomic mass is 32.2. The summed E-state index contributed by atoms with van der Waals surface area (Å²) in [5, 5.41) is 6.18. The lowest BCUT2D eigenvalue weighted by Gasteiger charge is -2.23. The summed E-state index contributed by atoms with van der Waals surface area (Å²) in [7, 11) is -3.39. The first-order valence-electron chi connectivity index (χ1n) is 8.39. The van der Waals surface area contributed by atoms with Gasteiger partial charge in [-0.25, -0.2) is 8.42 Å². The lowest BCUT2D eigenvalue weighted by molar-refractivity contribution is -0.121. The van der Waals surface area contributed by atoms with Crippen molar-refractivity contribution >= 4 is 15.7 Å². The van der Waals surface area contributed by atoms with Crippen LogP contribution in [0, 0.1) is 0 Å². The van der Waals surface area contributed by atoms with Gasteiger partial charge in [0.1, 0.15) is 0 Å². The van der Waals surface area contributed by atoms with E-state index in [-0.39, 0.29) is 24.1 Å². The highest BCUT2D eigenvalue weighted by Crippen LogP contribution is 2.25. The molecule has 23 heavy (non-hydrogen) atoms. The second-order valence-electron chi connectivity index (χ2n) is 6.44. The standard InChI is InChI=1S/C17H24N2O3S/c20-17(19-15-6-9-18-10-7-15)8-11-23(21,22)16-5-4-13-2-1-3-14(13)12-16/h4-5,12,15,18H,1-3,6-11H2,(H,19,20). The molecular weight excluding hydrogens is 312 g/mol. The lowest BCUT2D eigenvalue weighted by atomic mass is 10.1. The largest absolute Gasteiger partial charge is 0.353 e. The number of piperidine rings is 1. The molecule has 0 atom stereocenters. The van der Waals surface area contributed by atoms with Gasteiger partial charge in [0.2, 0.25) is 5.91 Å². The quantitative estimate of drug-likeness (QED) is 0.847. The number of benzene rings is 1. The van der Waals surface area contributed by atoms with Crippen LogP contribution in [0.4, 0.5) is 0 Å². The molecule has 0 aromatic heterocycles. The Bertz CT molecular complexity index is 679. The summed E-state index contributed by atoms with van der Waals surface area (Å²) < 4.78 is 24.9. The van der Waals surface area contributed by atoms with Crippen molar-refractivity contribution in [3.05, 3.63) is 29.3 Å². The van der Waals surface area contributed by atoms with Crippen LogP contribution < -0.4 is 10.6 Å². The van der Waals surface area contributed by atoms with Crippen molar-refractivity contribution in [2.24, 2.45) is 0 Å². The number of amides is 1. The first-order valence-corrected chi connectivity index (χ1v) is 10.0. The van der Waals surface area contributed by atoms with E-state index in [9.17, 15) is 13.2 Å². The van der Waals surface area contributed by atoms with E-state index < -0.39 is 9.84 Å². The van der Waals surface area contributed by atoms with Crippen LogP contribution in [0.5, 0.6) is 0 Å². The van der Waals surface area contributed by atoms with Crippen molar-refractivity contribution in [2.45, 2.75) is 49.5 Å². The number of hydrogen-bond donors (Lipinski definition) is 2. The van der Waals surface area contributed by atoms with Crippen molar-refractivity contribution in [1.82, 2.24) is 10.6 Å². The Morgan fingerprint density at radius 2 is 1.91 bits per heavy atom. The molecule has 5 nitrogen and oxygen atoms in total. The number of hydrogen-bond acceptors (Lipinski definition) is 4. The molecule has 1 aliphatic carbocycles. The molecule has 2 N–H and O–H groups in total. The summed E-state index contributed by atoms with van der Waals surface area (Å²) in [5.41, 5.74) is 2.40. The van der Waals surface area contributed by atoms with Crippen molar-refractivity contribution in [3.8, 4) is 0 Å². The Balaban J connectivity index is 1.57. The molecule has 1 fully saturated rings. The second-order valence-corrected chi connectivity index (χ2v) is 8.55. The van der Waals surface area contributed by atoms with Gasteiger partial charge in [-0.05, 0) is 68.5 Å². The summed E-state index contributed by atoms with van der Waals surface area (Å²) in [6.45, 7) is 1.80. The van der Waals surface area contributed by atoms with Crippen molar-refractivity contribution in [2.75, 3.05) is 18.8 Å². The fourth-order valence-electron chi connectivity index (χ4n) is 3.35. The van der Waals surface area contributed by atoms with E-state index in [1.165, 1.54) is 5.56 Å². The minimum absolute atomic E-state index is 0.0311. The van der Waals surface area contributed by atoms with Crippen LogP contribution >= 0.6 is 0 Å². The van der Waals surface area contributed by atoms with Crippen molar-refractivity contribution < 1.29 is 13.2 Å². The van der Waals surface area contributed by atoms with Gasteiger partial charge in [0.25, 0.3) is 0 Å². The number of carbonyl (C=O) groups excluding carboxylic acids is 1. The van der Waals surface area contributed by atoms with E-state index in [4.69, 9.17) is 0 Å². The zero-order valence-electron chi connectivity index (χ0n) is 13.3. The Labute approximate surface area is 137 Å². The molecule has 0 spiro atoms. The van der Waals surface area contributed by atoms with Gasteiger partial charge in [-0.1, -0.05) is 6.07 Å². The Morgan fingerprint density at radius 1 is 1.17 bits per heavy atom. The number of nitrogens with one attached hydrogen (secondary N) is 2. The maximum absolute atomic E-state index is 12.4. The van der Waals surface area contributed by atoms with E-state index in [0.717, 1.165) is 50.8 Å². The fraction of sp³-hybridized carbons (Fsp3) is 0.588. The number of aryl methyl sites for hydroxylation is 2. The Morgan fingerprint density at radius 3 is 2.70 bits per heavy atom. The van der Waals surface area contributed by atoms with E-state index >= 15 is 0 Å². The molecule has 0 unspecified atom stereocenters. The van der Waals surface area contributed by atoms with E-state index in [1.807, 2.05) is 6.07 Å². The molecule has 1 aromatic rings. The van der Waals surface area contributed by atoms with Gasteiger partial charge in [-0.15, -0.1) is 0 Å². The monoisotopic (exact) mass is 336 g/mol. The minimum atomic E-state index is -3.39. The van der Waals surface area contributed by atoms with Crippen LogP contribution in [0.15, 0.2) is 23.1 Å². The zero-order valence-corrected chi connectivity index (χ0v) is 14.1. The van der Waals surface area contributed by atoms with Gasteiger partial charge in [0, 0.05) is 12.5 Å². The van der Waals surface area contributed by atoms with Gasteiger partial charge in [-0.2, -0.15) is 0 Å². The molecule has 3 rings (SSSR count). The van der Waals surface area contributed by atoms with Crippen molar-refractivity contribution in [1.29, 1.82) is 0 Å². The summed E-state index contributed by atoms with van der Waals surface area (Å²) in [4.78, 5) is 12.3. The third-order valence-corrected chi connectivity index (χ3v) is 6.44. The molecule has 2 aliphatic rings. The smallest absolute Gasteiger partial charge is 0.221 e. The SMILES string of the molecule is O=C(CCS(=O)(=O)c1ccc2c(c1)CCC2)NC1CCNCC1. The number of sulfone groups is 1. The molecule has 1 saturated heterocycles. The molecule has 6 heteroatoms. The van der Waals surface area contributed by atoms with E-state index in [1.54, 1.807) is 12.1 Å². The first kappa shape index (κ1) is 16.5. The van der Waals surface area contributed by atoms with Gasteiger partial charge >= 0.3 is 0 Å². The Kier molecular flexibility index (Phi) is 5.02. The zero-order chi connectivity index (χ0) is 16.3. The average Bonchev–Trinajstić information content (AvgIpc) is 3.02. The molecule has 126 valence electrons. The highest BCUT2D eigenvalue weighted by molar-refractivity contribution is 7.91. The predicted molar refractivity (Wildman–Crippen MR) is 89.2 cm³/mol. The van der Waals surface area contributed by atoms with Gasteiger partial charge < -0.3 is 10.6 Å². The molecule has 0 saturated carbocycles. The molecule has 0 radical (unpaired) electrons. The van der Waals surface area contributed by atoms with E-state index in [2.05, 4.69) is 10.6 Å². The Hall–Kier alpha value is -1.40. The normalized spacial score (nSPS) is 18.6. The third-order valence-electron chi connectivity index (χ3n) is 4.73. The first-order chi connectivity index (χ1) is 11.0. The van der Waals surface area contributed by atoms with Crippen LogP contribution in [-0.2, 0) is 27.5 Å². The topological polar surface area (TPSA) is 75.3 Å². The minimum Gasteiger partial charge on any atom is -0.353 e. The van der Waals surface area contributed by atoms with Crippen LogP contribution in [0.25, 0.3) is 0 Å².